The van der Waals surface area contributed by atoms with E-state index in [-0.39, 0.29) is 29.7 Å². The topological polar surface area (TPSA) is 61.8 Å². The summed E-state index contributed by atoms with van der Waals surface area (Å²) >= 11 is 0. The van der Waals surface area contributed by atoms with E-state index in [2.05, 4.69) is 24.1 Å². The molecule has 5 nitrogen and oxygen atoms in total. The van der Waals surface area contributed by atoms with Gasteiger partial charge in [0.15, 0.2) is 15.8 Å². The molecule has 1 N–H and O–H groups in total. The first-order chi connectivity index (χ1) is 9.77. The number of sulfone groups is 1. The quantitative estimate of drug-likeness (QED) is 0.402. The molecule has 132 valence electrons. The average molecular weight is 445 g/mol. The zero-order chi connectivity index (χ0) is 16.1. The summed E-state index contributed by atoms with van der Waals surface area (Å²) in [5, 5.41) is 3.30. The van der Waals surface area contributed by atoms with Crippen molar-refractivity contribution >= 4 is 39.8 Å². The first-order valence-corrected chi connectivity index (χ1v) is 9.68. The lowest BCUT2D eigenvalue weighted by Gasteiger charge is -2.39. The van der Waals surface area contributed by atoms with Crippen LogP contribution in [0.4, 0.5) is 0 Å². The maximum absolute atomic E-state index is 12.1. The molecule has 0 unspecified atom stereocenters. The zero-order valence-corrected chi connectivity index (χ0v) is 17.7. The minimum atomic E-state index is -3.01. The highest BCUT2D eigenvalue weighted by Gasteiger charge is 2.40. The molecular weight excluding hydrogens is 413 g/mol. The number of hydrogen-bond acceptors (Lipinski definition) is 3. The van der Waals surface area contributed by atoms with Crippen LogP contribution in [0.1, 0.15) is 47.5 Å². The molecule has 1 aliphatic rings. The second kappa shape index (κ2) is 9.30. The number of nitrogens with zero attached hydrogens (tertiary/aromatic N) is 2. The second-order valence-corrected chi connectivity index (χ2v) is 9.12. The molecule has 1 saturated heterocycles. The van der Waals surface area contributed by atoms with Crippen molar-refractivity contribution in [3.63, 3.8) is 0 Å². The Hall–Kier alpha value is -0.0500. The maximum Gasteiger partial charge on any atom is 0.194 e. The van der Waals surface area contributed by atoms with Crippen molar-refractivity contribution in [1.82, 2.24) is 10.2 Å². The van der Waals surface area contributed by atoms with Crippen molar-refractivity contribution in [2.75, 3.05) is 31.9 Å². The lowest BCUT2D eigenvalue weighted by atomic mass is 10.0. The molecule has 0 aromatic heterocycles. The van der Waals surface area contributed by atoms with Gasteiger partial charge in [-0.2, -0.15) is 0 Å². The minimum Gasteiger partial charge on any atom is -0.357 e. The standard InChI is InChI=1S/C15H31N3O2S.HI/c1-6-13(7-2)11-17-14(16-8-3)18-9-10-21(19,20)15(4,5)12-18;/h13H,6-12H2,1-5H3,(H,16,17);1H. The van der Waals surface area contributed by atoms with Crippen LogP contribution in [0, 0.1) is 5.92 Å². The normalized spacial score (nSPS) is 20.6. The molecule has 1 rings (SSSR count). The number of rotatable bonds is 5. The number of aliphatic imine (C=N–C) groups is 1. The Bertz CT molecular complexity index is 459. The summed E-state index contributed by atoms with van der Waals surface area (Å²) in [7, 11) is -3.01. The van der Waals surface area contributed by atoms with Crippen molar-refractivity contribution in [3.8, 4) is 0 Å². The van der Waals surface area contributed by atoms with Gasteiger partial charge in [0.1, 0.15) is 0 Å². The molecule has 0 aromatic rings. The SMILES string of the molecule is CCNC(=NCC(CC)CC)N1CCS(=O)(=O)C(C)(C)C1.I. The third-order valence-electron chi connectivity index (χ3n) is 4.33. The Morgan fingerprint density at radius 2 is 1.86 bits per heavy atom. The molecule has 0 bridgehead atoms. The zero-order valence-electron chi connectivity index (χ0n) is 14.6. The van der Waals surface area contributed by atoms with Crippen LogP contribution in [0.2, 0.25) is 0 Å². The Morgan fingerprint density at radius 3 is 2.32 bits per heavy atom. The van der Waals surface area contributed by atoms with Gasteiger partial charge in [-0.15, -0.1) is 24.0 Å². The van der Waals surface area contributed by atoms with Gasteiger partial charge in [-0.05, 0) is 26.7 Å². The summed E-state index contributed by atoms with van der Waals surface area (Å²) in [5.41, 5.74) is 0. The Labute approximate surface area is 153 Å². The van der Waals surface area contributed by atoms with Crippen LogP contribution in [0.25, 0.3) is 0 Å². The van der Waals surface area contributed by atoms with Crippen LogP contribution in [0.15, 0.2) is 4.99 Å². The summed E-state index contributed by atoms with van der Waals surface area (Å²) in [5.74, 6) is 1.66. The average Bonchev–Trinajstić information content (AvgIpc) is 2.42. The van der Waals surface area contributed by atoms with E-state index in [4.69, 9.17) is 4.99 Å². The van der Waals surface area contributed by atoms with Gasteiger partial charge in [0.2, 0.25) is 0 Å². The highest BCUT2D eigenvalue weighted by atomic mass is 127. The van der Waals surface area contributed by atoms with Crippen LogP contribution in [-0.2, 0) is 9.84 Å². The van der Waals surface area contributed by atoms with Gasteiger partial charge in [0.05, 0.1) is 10.5 Å². The van der Waals surface area contributed by atoms with Gasteiger partial charge < -0.3 is 10.2 Å². The summed E-state index contributed by atoms with van der Waals surface area (Å²) in [6.07, 6.45) is 2.25. The molecule has 0 spiro atoms. The van der Waals surface area contributed by atoms with Crippen molar-refractivity contribution in [1.29, 1.82) is 0 Å². The highest BCUT2D eigenvalue weighted by Crippen LogP contribution is 2.23. The number of halogens is 1. The molecule has 7 heteroatoms. The first kappa shape index (κ1) is 21.9. The number of hydrogen-bond donors (Lipinski definition) is 1. The van der Waals surface area contributed by atoms with Gasteiger partial charge >= 0.3 is 0 Å². The van der Waals surface area contributed by atoms with Crippen LogP contribution in [0.3, 0.4) is 0 Å². The van der Waals surface area contributed by atoms with Crippen LogP contribution >= 0.6 is 24.0 Å². The molecule has 0 saturated carbocycles. The monoisotopic (exact) mass is 445 g/mol. The third-order valence-corrected chi connectivity index (χ3v) is 6.86. The van der Waals surface area contributed by atoms with Gasteiger partial charge in [0.25, 0.3) is 0 Å². The molecule has 1 fully saturated rings. The van der Waals surface area contributed by atoms with Gasteiger partial charge in [-0.1, -0.05) is 26.7 Å². The van der Waals surface area contributed by atoms with Crippen molar-refractivity contribution in [2.24, 2.45) is 10.9 Å². The molecule has 0 aliphatic carbocycles. The predicted molar refractivity (Wildman–Crippen MR) is 105 cm³/mol. The van der Waals surface area contributed by atoms with E-state index >= 15 is 0 Å². The maximum atomic E-state index is 12.1. The molecule has 0 aromatic carbocycles. The van der Waals surface area contributed by atoms with Gasteiger partial charge in [-0.25, -0.2) is 8.42 Å². The lowest BCUT2D eigenvalue weighted by Crippen LogP contribution is -2.57. The first-order valence-electron chi connectivity index (χ1n) is 8.03. The van der Waals surface area contributed by atoms with E-state index < -0.39 is 14.6 Å². The van der Waals surface area contributed by atoms with Crippen LogP contribution in [0.5, 0.6) is 0 Å². The number of guanidine groups is 1. The fraction of sp³-hybridized carbons (Fsp3) is 0.933. The second-order valence-electron chi connectivity index (χ2n) is 6.38. The predicted octanol–water partition coefficient (Wildman–Crippen LogP) is 2.52. The van der Waals surface area contributed by atoms with E-state index in [0.717, 1.165) is 31.9 Å². The Balaban J connectivity index is 0.00000441. The smallest absolute Gasteiger partial charge is 0.194 e. The van der Waals surface area contributed by atoms with E-state index in [9.17, 15) is 8.42 Å². The number of nitrogens with one attached hydrogen (secondary N) is 1. The van der Waals surface area contributed by atoms with E-state index in [1.54, 1.807) is 13.8 Å². The molecule has 1 aliphatic heterocycles. The Kier molecular flexibility index (Phi) is 9.27. The summed E-state index contributed by atoms with van der Waals surface area (Å²) in [4.78, 5) is 6.82. The van der Waals surface area contributed by atoms with Crippen molar-refractivity contribution in [3.05, 3.63) is 0 Å². The molecule has 0 radical (unpaired) electrons. The minimum absolute atomic E-state index is 0. The van der Waals surface area contributed by atoms with Crippen LogP contribution in [-0.4, -0.2) is 56.0 Å². The summed E-state index contributed by atoms with van der Waals surface area (Å²) < 4.78 is 23.5. The molecule has 0 amide bonds. The van der Waals surface area contributed by atoms with E-state index in [0.29, 0.717) is 19.0 Å². The highest BCUT2D eigenvalue weighted by molar-refractivity contribution is 14.0. The van der Waals surface area contributed by atoms with E-state index in [1.807, 2.05) is 6.92 Å². The fourth-order valence-corrected chi connectivity index (χ4v) is 3.88. The van der Waals surface area contributed by atoms with E-state index in [1.165, 1.54) is 0 Å². The summed E-state index contributed by atoms with van der Waals surface area (Å²) in [6.45, 7) is 12.7. The van der Waals surface area contributed by atoms with Gasteiger partial charge in [-0.3, -0.25) is 4.99 Å². The van der Waals surface area contributed by atoms with Gasteiger partial charge in [0, 0.05) is 26.2 Å². The van der Waals surface area contributed by atoms with Crippen molar-refractivity contribution in [2.45, 2.75) is 52.2 Å². The largest absolute Gasteiger partial charge is 0.357 e. The van der Waals surface area contributed by atoms with Crippen LogP contribution < -0.4 is 5.32 Å². The molecular formula is C15H32IN3O2S. The third kappa shape index (κ3) is 5.54. The molecule has 0 atom stereocenters. The lowest BCUT2D eigenvalue weighted by molar-refractivity contribution is 0.351. The Morgan fingerprint density at radius 1 is 1.27 bits per heavy atom. The fourth-order valence-electron chi connectivity index (χ4n) is 2.51. The molecule has 1 heterocycles. The summed E-state index contributed by atoms with van der Waals surface area (Å²) in [6, 6.07) is 0. The molecule has 22 heavy (non-hydrogen) atoms. The van der Waals surface area contributed by atoms with Crippen molar-refractivity contribution < 1.29 is 8.42 Å².